The predicted molar refractivity (Wildman–Crippen MR) is 72.0 cm³/mol. The number of hydrogen-bond acceptors (Lipinski definition) is 2. The highest BCUT2D eigenvalue weighted by Crippen LogP contribution is 2.32. The van der Waals surface area contributed by atoms with Gasteiger partial charge in [0.15, 0.2) is 5.65 Å². The van der Waals surface area contributed by atoms with Gasteiger partial charge in [0.25, 0.3) is 0 Å². The van der Waals surface area contributed by atoms with Crippen LogP contribution in [0.1, 0.15) is 22.5 Å². The van der Waals surface area contributed by atoms with Crippen molar-refractivity contribution in [3.8, 4) is 0 Å². The van der Waals surface area contributed by atoms with Crippen molar-refractivity contribution in [1.82, 2.24) is 14.6 Å². The number of alkyl halides is 3. The van der Waals surface area contributed by atoms with E-state index in [4.69, 9.17) is 0 Å². The molecular weight excluding hydrogens is 279 g/mol. The number of pyridine rings is 1. The molecule has 0 N–H and O–H groups in total. The van der Waals surface area contributed by atoms with Gasteiger partial charge in [-0.15, -0.1) is 10.2 Å². The molecule has 6 heteroatoms. The van der Waals surface area contributed by atoms with E-state index >= 15 is 0 Å². The second-order valence-electron chi connectivity index (χ2n) is 4.88. The zero-order valence-corrected chi connectivity index (χ0v) is 11.2. The molecule has 0 spiro atoms. The largest absolute Gasteiger partial charge is 0.416 e. The van der Waals surface area contributed by atoms with Crippen LogP contribution in [0.2, 0.25) is 0 Å². The molecule has 2 aromatic heterocycles. The van der Waals surface area contributed by atoms with Crippen molar-refractivity contribution in [2.75, 3.05) is 0 Å². The van der Waals surface area contributed by atoms with E-state index in [1.165, 1.54) is 12.1 Å². The SMILES string of the molecule is Cc1ccc2nnc(Cc3ccccc3C(F)(F)F)n2c1. The number of nitrogens with zero attached hydrogens (tertiary/aromatic N) is 3. The van der Waals surface area contributed by atoms with Crippen LogP contribution < -0.4 is 0 Å². The third-order valence-corrected chi connectivity index (χ3v) is 3.29. The molecule has 108 valence electrons. The number of aromatic nitrogens is 3. The Kier molecular flexibility index (Phi) is 3.16. The van der Waals surface area contributed by atoms with Gasteiger partial charge in [-0.05, 0) is 30.2 Å². The molecule has 0 aliphatic heterocycles. The fraction of sp³-hybridized carbons (Fsp3) is 0.200. The van der Waals surface area contributed by atoms with E-state index in [1.54, 1.807) is 16.5 Å². The fourth-order valence-corrected chi connectivity index (χ4v) is 2.29. The second kappa shape index (κ2) is 4.87. The molecule has 3 nitrogen and oxygen atoms in total. The Morgan fingerprint density at radius 2 is 1.81 bits per heavy atom. The summed E-state index contributed by atoms with van der Waals surface area (Å²) in [6, 6.07) is 9.22. The van der Waals surface area contributed by atoms with Gasteiger partial charge in [0, 0.05) is 12.6 Å². The Balaban J connectivity index is 2.05. The van der Waals surface area contributed by atoms with E-state index in [9.17, 15) is 13.2 Å². The summed E-state index contributed by atoms with van der Waals surface area (Å²) in [5.74, 6) is 0.491. The van der Waals surface area contributed by atoms with Gasteiger partial charge in [0.05, 0.1) is 5.56 Å². The fourth-order valence-electron chi connectivity index (χ4n) is 2.29. The van der Waals surface area contributed by atoms with Crippen LogP contribution in [0.3, 0.4) is 0 Å². The molecule has 0 aliphatic rings. The average molecular weight is 291 g/mol. The van der Waals surface area contributed by atoms with Gasteiger partial charge in [-0.3, -0.25) is 4.40 Å². The smallest absolute Gasteiger partial charge is 0.286 e. The minimum Gasteiger partial charge on any atom is -0.286 e. The van der Waals surface area contributed by atoms with Gasteiger partial charge in [0.1, 0.15) is 5.82 Å². The molecule has 3 aromatic rings. The summed E-state index contributed by atoms with van der Waals surface area (Å²) in [4.78, 5) is 0. The lowest BCUT2D eigenvalue weighted by Crippen LogP contribution is -2.10. The lowest BCUT2D eigenvalue weighted by atomic mass is 10.0. The minimum absolute atomic E-state index is 0.0836. The Morgan fingerprint density at radius 1 is 1.05 bits per heavy atom. The standard InChI is InChI=1S/C15H12F3N3/c1-10-6-7-13-19-20-14(21(13)9-10)8-11-4-2-3-5-12(11)15(16,17)18/h2-7,9H,8H2,1H3. The third kappa shape index (κ3) is 2.61. The molecule has 0 bridgehead atoms. The van der Waals surface area contributed by atoms with Crippen LogP contribution in [0, 0.1) is 6.92 Å². The molecule has 0 unspecified atom stereocenters. The van der Waals surface area contributed by atoms with Gasteiger partial charge in [-0.2, -0.15) is 13.2 Å². The van der Waals surface area contributed by atoms with E-state index in [1.807, 2.05) is 19.2 Å². The number of rotatable bonds is 2. The van der Waals surface area contributed by atoms with Crippen LogP contribution in [0.25, 0.3) is 5.65 Å². The molecule has 0 saturated carbocycles. The molecule has 0 atom stereocenters. The summed E-state index contributed by atoms with van der Waals surface area (Å²) in [5.41, 5.74) is 1.18. The lowest BCUT2D eigenvalue weighted by molar-refractivity contribution is -0.138. The van der Waals surface area contributed by atoms with Crippen molar-refractivity contribution < 1.29 is 13.2 Å². The molecule has 0 radical (unpaired) electrons. The molecule has 0 fully saturated rings. The summed E-state index contributed by atoms with van der Waals surface area (Å²) in [6.45, 7) is 1.91. The Hall–Kier alpha value is -2.37. The molecule has 0 amide bonds. The number of halogens is 3. The Bertz CT molecular complexity index is 790. The molecule has 2 heterocycles. The van der Waals surface area contributed by atoms with E-state index in [2.05, 4.69) is 10.2 Å². The van der Waals surface area contributed by atoms with Crippen LogP contribution in [-0.4, -0.2) is 14.6 Å². The number of hydrogen-bond donors (Lipinski definition) is 0. The van der Waals surface area contributed by atoms with Crippen LogP contribution in [-0.2, 0) is 12.6 Å². The van der Waals surface area contributed by atoms with E-state index in [0.717, 1.165) is 11.6 Å². The summed E-state index contributed by atoms with van der Waals surface area (Å²) in [5, 5.41) is 7.98. The van der Waals surface area contributed by atoms with Crippen molar-refractivity contribution in [3.05, 3.63) is 65.1 Å². The zero-order chi connectivity index (χ0) is 15.0. The zero-order valence-electron chi connectivity index (χ0n) is 11.2. The first-order valence-electron chi connectivity index (χ1n) is 6.40. The van der Waals surface area contributed by atoms with E-state index in [0.29, 0.717) is 11.5 Å². The highest BCUT2D eigenvalue weighted by molar-refractivity contribution is 5.41. The van der Waals surface area contributed by atoms with Gasteiger partial charge in [0.2, 0.25) is 0 Å². The van der Waals surface area contributed by atoms with E-state index < -0.39 is 11.7 Å². The van der Waals surface area contributed by atoms with Gasteiger partial charge < -0.3 is 0 Å². The first-order chi connectivity index (χ1) is 9.95. The molecule has 1 aromatic carbocycles. The Morgan fingerprint density at radius 3 is 2.57 bits per heavy atom. The maximum Gasteiger partial charge on any atom is 0.416 e. The van der Waals surface area contributed by atoms with Crippen molar-refractivity contribution in [2.24, 2.45) is 0 Å². The van der Waals surface area contributed by atoms with Gasteiger partial charge in [-0.25, -0.2) is 0 Å². The molecule has 0 aliphatic carbocycles. The van der Waals surface area contributed by atoms with Crippen molar-refractivity contribution in [3.63, 3.8) is 0 Å². The van der Waals surface area contributed by atoms with Crippen molar-refractivity contribution >= 4 is 5.65 Å². The highest BCUT2D eigenvalue weighted by Gasteiger charge is 2.33. The topological polar surface area (TPSA) is 30.2 Å². The Labute approximate surface area is 119 Å². The van der Waals surface area contributed by atoms with Crippen molar-refractivity contribution in [1.29, 1.82) is 0 Å². The van der Waals surface area contributed by atoms with Crippen molar-refractivity contribution in [2.45, 2.75) is 19.5 Å². The monoisotopic (exact) mass is 291 g/mol. The van der Waals surface area contributed by atoms with Gasteiger partial charge >= 0.3 is 6.18 Å². The predicted octanol–water partition coefficient (Wildman–Crippen LogP) is 3.65. The molecule has 21 heavy (non-hydrogen) atoms. The van der Waals surface area contributed by atoms with Gasteiger partial charge in [-0.1, -0.05) is 24.3 Å². The summed E-state index contributed by atoms with van der Waals surface area (Å²) in [7, 11) is 0. The number of benzene rings is 1. The summed E-state index contributed by atoms with van der Waals surface area (Å²) in [6.07, 6.45) is -2.46. The molecule has 3 rings (SSSR count). The van der Waals surface area contributed by atoms with Crippen LogP contribution in [0.5, 0.6) is 0 Å². The van der Waals surface area contributed by atoms with E-state index in [-0.39, 0.29) is 12.0 Å². The maximum absolute atomic E-state index is 13.0. The third-order valence-electron chi connectivity index (χ3n) is 3.29. The quantitative estimate of drug-likeness (QED) is 0.721. The first kappa shape index (κ1) is 13.6. The molecular formula is C15H12F3N3. The summed E-state index contributed by atoms with van der Waals surface area (Å²) < 4.78 is 40.8. The number of aryl methyl sites for hydroxylation is 1. The first-order valence-corrected chi connectivity index (χ1v) is 6.40. The highest BCUT2D eigenvalue weighted by atomic mass is 19.4. The average Bonchev–Trinajstić information content (AvgIpc) is 2.81. The van der Waals surface area contributed by atoms with Crippen LogP contribution in [0.4, 0.5) is 13.2 Å². The minimum atomic E-state index is -4.37. The van der Waals surface area contributed by atoms with Crippen LogP contribution in [0.15, 0.2) is 42.6 Å². The second-order valence-corrected chi connectivity index (χ2v) is 4.88. The maximum atomic E-state index is 13.0. The lowest BCUT2D eigenvalue weighted by Gasteiger charge is -2.11. The number of fused-ring (bicyclic) bond motifs is 1. The molecule has 0 saturated heterocycles. The van der Waals surface area contributed by atoms with Crippen LogP contribution >= 0.6 is 0 Å². The normalized spacial score (nSPS) is 12.0. The summed E-state index contributed by atoms with van der Waals surface area (Å²) >= 11 is 0.